The van der Waals surface area contributed by atoms with Gasteiger partial charge >= 0.3 is 5.97 Å². The number of anilines is 1. The zero-order chi connectivity index (χ0) is 14.5. The lowest BCUT2D eigenvalue weighted by Crippen LogP contribution is -2.07. The molecule has 2 rings (SSSR count). The largest absolute Gasteiger partial charge is 0.464 e. The van der Waals surface area contributed by atoms with Crippen LogP contribution in [0.2, 0.25) is 0 Å². The van der Waals surface area contributed by atoms with E-state index in [1.165, 1.54) is 7.11 Å². The predicted octanol–water partition coefficient (Wildman–Crippen LogP) is 1.82. The first kappa shape index (κ1) is 13.6. The molecule has 0 aliphatic rings. The van der Waals surface area contributed by atoms with Crippen LogP contribution in [0.15, 0.2) is 30.7 Å². The number of nitrogens with one attached hydrogen (secondary N) is 1. The van der Waals surface area contributed by atoms with Gasteiger partial charge in [-0.3, -0.25) is 4.98 Å². The summed E-state index contributed by atoms with van der Waals surface area (Å²) in [6.07, 6.45) is 5.23. The smallest absolute Gasteiger partial charge is 0.356 e. The molecule has 0 spiro atoms. The molecule has 2 aromatic heterocycles. The number of pyridine rings is 1. The molecule has 2 heterocycles. The molecule has 1 atom stereocenters. The van der Waals surface area contributed by atoms with Gasteiger partial charge in [-0.2, -0.15) is 5.26 Å². The van der Waals surface area contributed by atoms with Gasteiger partial charge in [0.25, 0.3) is 0 Å². The van der Waals surface area contributed by atoms with Crippen molar-refractivity contribution < 1.29 is 9.53 Å². The van der Waals surface area contributed by atoms with Crippen LogP contribution in [0.1, 0.15) is 34.0 Å². The van der Waals surface area contributed by atoms with Gasteiger partial charge in [-0.15, -0.1) is 0 Å². The highest BCUT2D eigenvalue weighted by molar-refractivity contribution is 5.94. The van der Waals surface area contributed by atoms with E-state index in [1.807, 2.05) is 6.07 Å². The number of H-pyrrole nitrogens is 1. The molecule has 0 aliphatic heterocycles. The second-order valence-corrected chi connectivity index (χ2v) is 4.23. The van der Waals surface area contributed by atoms with Crippen LogP contribution < -0.4 is 5.73 Å². The lowest BCUT2D eigenvalue weighted by atomic mass is 9.90. The number of nitrogens with zero attached hydrogens (tertiary/aromatic N) is 2. The third-order valence-corrected chi connectivity index (χ3v) is 3.10. The van der Waals surface area contributed by atoms with Gasteiger partial charge in [0.1, 0.15) is 5.69 Å². The van der Waals surface area contributed by atoms with Crippen molar-refractivity contribution in [3.63, 3.8) is 0 Å². The van der Waals surface area contributed by atoms with E-state index in [1.54, 1.807) is 24.7 Å². The summed E-state index contributed by atoms with van der Waals surface area (Å²) in [4.78, 5) is 18.4. The van der Waals surface area contributed by atoms with Crippen molar-refractivity contribution in [1.82, 2.24) is 9.97 Å². The first-order valence-corrected chi connectivity index (χ1v) is 6.01. The number of carbonyl (C=O) groups excluding carboxylic acids is 1. The molecule has 0 amide bonds. The van der Waals surface area contributed by atoms with E-state index in [2.05, 4.69) is 20.8 Å². The number of carbonyl (C=O) groups is 1. The SMILES string of the molecule is COC(=O)c1[nH]cc(C(CC#N)c2cccnc2)c1N. The summed E-state index contributed by atoms with van der Waals surface area (Å²) in [5, 5.41) is 9.00. The van der Waals surface area contributed by atoms with Crippen LogP contribution in [0.25, 0.3) is 0 Å². The Morgan fingerprint density at radius 2 is 2.45 bits per heavy atom. The van der Waals surface area contributed by atoms with E-state index in [9.17, 15) is 4.79 Å². The fourth-order valence-electron chi connectivity index (χ4n) is 2.09. The first-order chi connectivity index (χ1) is 9.69. The molecule has 102 valence electrons. The Balaban J connectivity index is 2.44. The molecule has 1 unspecified atom stereocenters. The summed E-state index contributed by atoms with van der Waals surface area (Å²) in [6, 6.07) is 5.80. The molecule has 20 heavy (non-hydrogen) atoms. The molecular weight excluding hydrogens is 256 g/mol. The number of esters is 1. The third kappa shape index (κ3) is 2.47. The van der Waals surface area contributed by atoms with Crippen LogP contribution in [0.4, 0.5) is 5.69 Å². The summed E-state index contributed by atoms with van der Waals surface area (Å²) >= 11 is 0. The topological polar surface area (TPSA) is 105 Å². The zero-order valence-electron chi connectivity index (χ0n) is 11.0. The number of aromatic amines is 1. The monoisotopic (exact) mass is 270 g/mol. The van der Waals surface area contributed by atoms with E-state index >= 15 is 0 Å². The number of methoxy groups -OCH3 is 1. The van der Waals surface area contributed by atoms with Gasteiger partial charge in [-0.1, -0.05) is 6.07 Å². The Hall–Kier alpha value is -2.81. The maximum atomic E-state index is 11.6. The Bertz CT molecular complexity index is 643. The van der Waals surface area contributed by atoms with Gasteiger partial charge in [-0.05, 0) is 11.6 Å². The molecule has 0 aliphatic carbocycles. The minimum Gasteiger partial charge on any atom is -0.464 e. The van der Waals surface area contributed by atoms with Crippen LogP contribution in [-0.2, 0) is 4.74 Å². The number of nitrogens with two attached hydrogens (primary N) is 1. The normalized spacial score (nSPS) is 11.6. The summed E-state index contributed by atoms with van der Waals surface area (Å²) in [5.41, 5.74) is 8.06. The van der Waals surface area contributed by atoms with Crippen LogP contribution in [0.3, 0.4) is 0 Å². The third-order valence-electron chi connectivity index (χ3n) is 3.10. The maximum Gasteiger partial charge on any atom is 0.356 e. The number of nitrogen functional groups attached to an aromatic ring is 1. The summed E-state index contributed by atoms with van der Waals surface area (Å²) in [7, 11) is 1.29. The fourth-order valence-corrected chi connectivity index (χ4v) is 2.09. The lowest BCUT2D eigenvalue weighted by molar-refractivity contribution is 0.0596. The molecule has 0 bridgehead atoms. The molecule has 0 fully saturated rings. The average molecular weight is 270 g/mol. The first-order valence-electron chi connectivity index (χ1n) is 6.01. The Morgan fingerprint density at radius 3 is 3.05 bits per heavy atom. The quantitative estimate of drug-likeness (QED) is 0.824. The highest BCUT2D eigenvalue weighted by Crippen LogP contribution is 2.33. The number of rotatable bonds is 4. The molecule has 2 aromatic rings. The van der Waals surface area contributed by atoms with Crippen molar-refractivity contribution in [2.75, 3.05) is 12.8 Å². The number of nitriles is 1. The second-order valence-electron chi connectivity index (χ2n) is 4.23. The van der Waals surface area contributed by atoms with Gasteiger partial charge in [0, 0.05) is 36.5 Å². The van der Waals surface area contributed by atoms with Crippen molar-refractivity contribution >= 4 is 11.7 Å². The molecule has 0 saturated heterocycles. The second kappa shape index (κ2) is 5.89. The van der Waals surface area contributed by atoms with Crippen molar-refractivity contribution in [2.45, 2.75) is 12.3 Å². The molecule has 0 aromatic carbocycles. The number of hydrogen-bond acceptors (Lipinski definition) is 5. The zero-order valence-corrected chi connectivity index (χ0v) is 11.0. The van der Waals surface area contributed by atoms with E-state index in [-0.39, 0.29) is 18.0 Å². The fraction of sp³-hybridized carbons (Fsp3) is 0.214. The standard InChI is InChI=1S/C14H14N4O2/c1-20-14(19)13-12(16)11(8-18-13)10(4-5-15)9-3-2-6-17-7-9/h2-3,6-8,10,18H,4,16H2,1H3. The van der Waals surface area contributed by atoms with Crippen molar-refractivity contribution in [1.29, 1.82) is 5.26 Å². The van der Waals surface area contributed by atoms with E-state index in [4.69, 9.17) is 11.0 Å². The van der Waals surface area contributed by atoms with E-state index in [0.29, 0.717) is 11.3 Å². The predicted molar refractivity (Wildman–Crippen MR) is 72.9 cm³/mol. The highest BCUT2D eigenvalue weighted by atomic mass is 16.5. The summed E-state index contributed by atoms with van der Waals surface area (Å²) in [6.45, 7) is 0. The Morgan fingerprint density at radius 1 is 1.65 bits per heavy atom. The van der Waals surface area contributed by atoms with Crippen LogP contribution in [0, 0.1) is 11.3 Å². The summed E-state index contributed by atoms with van der Waals surface area (Å²) < 4.78 is 4.65. The van der Waals surface area contributed by atoms with Gasteiger partial charge in [0.2, 0.25) is 0 Å². The number of aromatic nitrogens is 2. The van der Waals surface area contributed by atoms with Crippen LogP contribution >= 0.6 is 0 Å². The minimum atomic E-state index is -0.532. The van der Waals surface area contributed by atoms with Crippen molar-refractivity contribution in [2.24, 2.45) is 0 Å². The highest BCUT2D eigenvalue weighted by Gasteiger charge is 2.23. The summed E-state index contributed by atoms with van der Waals surface area (Å²) in [5.74, 6) is -0.765. The minimum absolute atomic E-state index is 0.203. The number of ether oxygens (including phenoxy) is 1. The van der Waals surface area contributed by atoms with Crippen LogP contribution in [-0.4, -0.2) is 23.0 Å². The van der Waals surface area contributed by atoms with Crippen molar-refractivity contribution in [3.8, 4) is 6.07 Å². The molecule has 6 heteroatoms. The van der Waals surface area contributed by atoms with E-state index in [0.717, 1.165) is 5.56 Å². The molecule has 0 radical (unpaired) electrons. The van der Waals surface area contributed by atoms with Gasteiger partial charge in [-0.25, -0.2) is 4.79 Å². The molecule has 6 nitrogen and oxygen atoms in total. The van der Waals surface area contributed by atoms with E-state index < -0.39 is 5.97 Å². The average Bonchev–Trinajstić information content (AvgIpc) is 2.86. The van der Waals surface area contributed by atoms with Crippen molar-refractivity contribution in [3.05, 3.63) is 47.5 Å². The van der Waals surface area contributed by atoms with Gasteiger partial charge < -0.3 is 15.5 Å². The molecule has 0 saturated carbocycles. The van der Waals surface area contributed by atoms with Crippen LogP contribution in [0.5, 0.6) is 0 Å². The lowest BCUT2D eigenvalue weighted by Gasteiger charge is -2.13. The molecule has 3 N–H and O–H groups in total. The van der Waals surface area contributed by atoms with Gasteiger partial charge in [0.15, 0.2) is 0 Å². The van der Waals surface area contributed by atoms with Gasteiger partial charge in [0.05, 0.1) is 18.9 Å². The number of hydrogen-bond donors (Lipinski definition) is 2. The maximum absolute atomic E-state index is 11.6. The Labute approximate surface area is 116 Å². The molecular formula is C14H14N4O2. The Kier molecular flexibility index (Phi) is 4.01.